The predicted octanol–water partition coefficient (Wildman–Crippen LogP) is 2.70. The van der Waals surface area contributed by atoms with Crippen LogP contribution in [-0.2, 0) is 20.1 Å². The summed E-state index contributed by atoms with van der Waals surface area (Å²) in [5.74, 6) is 0. The van der Waals surface area contributed by atoms with Crippen molar-refractivity contribution in [3.63, 3.8) is 0 Å². The molecule has 2 aromatic rings. The van der Waals surface area contributed by atoms with Crippen molar-refractivity contribution in [3.05, 3.63) is 52.3 Å². The van der Waals surface area contributed by atoms with E-state index in [-0.39, 0.29) is 0 Å². The van der Waals surface area contributed by atoms with E-state index in [9.17, 15) is 0 Å². The normalized spacial score (nSPS) is 17.0. The van der Waals surface area contributed by atoms with Gasteiger partial charge >= 0.3 is 0 Å². The number of aryl methyl sites for hydroxylation is 2. The Morgan fingerprint density at radius 2 is 1.59 bits per heavy atom. The van der Waals surface area contributed by atoms with Gasteiger partial charge in [-0.05, 0) is 12.5 Å². The van der Waals surface area contributed by atoms with E-state index in [0.29, 0.717) is 0 Å². The highest BCUT2D eigenvalue weighted by molar-refractivity contribution is 6.30. The molecule has 0 saturated carbocycles. The maximum atomic E-state index is 6.33. The molecule has 1 saturated heterocycles. The van der Waals surface area contributed by atoms with Crippen molar-refractivity contribution in [3.8, 4) is 0 Å². The lowest BCUT2D eigenvalue weighted by atomic mass is 10.2. The second-order valence-corrected chi connectivity index (χ2v) is 6.37. The van der Waals surface area contributed by atoms with Gasteiger partial charge < -0.3 is 0 Å². The molecule has 0 atom stereocenters. The zero-order valence-electron chi connectivity index (χ0n) is 13.3. The van der Waals surface area contributed by atoms with Crippen molar-refractivity contribution in [2.24, 2.45) is 7.05 Å². The molecule has 1 fully saturated rings. The molecule has 118 valence electrons. The minimum Gasteiger partial charge on any atom is -0.297 e. The summed E-state index contributed by atoms with van der Waals surface area (Å²) in [5.41, 5.74) is 3.60. The van der Waals surface area contributed by atoms with E-state index < -0.39 is 0 Å². The quantitative estimate of drug-likeness (QED) is 0.866. The van der Waals surface area contributed by atoms with Crippen LogP contribution in [0.25, 0.3) is 0 Å². The van der Waals surface area contributed by atoms with Crippen LogP contribution in [0.1, 0.15) is 16.8 Å². The van der Waals surface area contributed by atoms with Gasteiger partial charge in [-0.25, -0.2) is 0 Å². The van der Waals surface area contributed by atoms with E-state index in [4.69, 9.17) is 11.6 Å². The van der Waals surface area contributed by atoms with Gasteiger partial charge in [-0.2, -0.15) is 5.10 Å². The first-order chi connectivity index (χ1) is 10.6. The van der Waals surface area contributed by atoms with Crippen molar-refractivity contribution >= 4 is 11.6 Å². The number of piperazine rings is 1. The van der Waals surface area contributed by atoms with E-state index >= 15 is 0 Å². The third-order valence-electron chi connectivity index (χ3n) is 4.37. The highest BCUT2D eigenvalue weighted by atomic mass is 35.5. The molecule has 1 aromatic carbocycles. The van der Waals surface area contributed by atoms with Crippen LogP contribution in [0.2, 0.25) is 5.15 Å². The average Bonchev–Trinajstić information content (AvgIpc) is 2.77. The summed E-state index contributed by atoms with van der Waals surface area (Å²) < 4.78 is 1.76. The van der Waals surface area contributed by atoms with E-state index in [1.165, 1.54) is 11.1 Å². The summed E-state index contributed by atoms with van der Waals surface area (Å²) in [4.78, 5) is 4.99. The molecule has 0 N–H and O–H groups in total. The summed E-state index contributed by atoms with van der Waals surface area (Å²) >= 11 is 6.33. The molecule has 2 heterocycles. The van der Waals surface area contributed by atoms with E-state index in [1.807, 2.05) is 14.0 Å². The molecule has 0 aliphatic carbocycles. The first-order valence-electron chi connectivity index (χ1n) is 7.80. The third-order valence-corrected chi connectivity index (χ3v) is 4.84. The van der Waals surface area contributed by atoms with Crippen LogP contribution in [0, 0.1) is 6.92 Å². The minimum absolute atomic E-state index is 0.768. The first kappa shape index (κ1) is 15.5. The minimum atomic E-state index is 0.768. The zero-order valence-corrected chi connectivity index (χ0v) is 14.1. The Kier molecular flexibility index (Phi) is 4.81. The molecule has 0 amide bonds. The van der Waals surface area contributed by atoms with Crippen LogP contribution in [0.5, 0.6) is 0 Å². The van der Waals surface area contributed by atoms with Crippen LogP contribution >= 0.6 is 11.6 Å². The molecule has 0 unspecified atom stereocenters. The van der Waals surface area contributed by atoms with Gasteiger partial charge in [0.15, 0.2) is 0 Å². The molecule has 1 aliphatic heterocycles. The SMILES string of the molecule is Cc1nn(C)c(Cl)c1CN1CCN(Cc2ccccc2)CC1. The summed E-state index contributed by atoms with van der Waals surface area (Å²) in [6.07, 6.45) is 0. The van der Waals surface area contributed by atoms with Gasteiger partial charge in [0.05, 0.1) is 5.69 Å². The summed E-state index contributed by atoms with van der Waals surface area (Å²) in [6, 6.07) is 10.7. The molecule has 4 nitrogen and oxygen atoms in total. The summed E-state index contributed by atoms with van der Waals surface area (Å²) in [6.45, 7) is 8.35. The van der Waals surface area contributed by atoms with Gasteiger partial charge in [0.25, 0.3) is 0 Å². The Labute approximate surface area is 137 Å². The molecule has 0 spiro atoms. The molecule has 3 rings (SSSR count). The van der Waals surface area contributed by atoms with E-state index in [2.05, 4.69) is 45.2 Å². The summed E-state index contributed by atoms with van der Waals surface area (Å²) in [7, 11) is 1.90. The average molecular weight is 319 g/mol. The molecule has 5 heteroatoms. The van der Waals surface area contributed by atoms with Crippen molar-refractivity contribution in [1.29, 1.82) is 0 Å². The Morgan fingerprint density at radius 3 is 2.14 bits per heavy atom. The number of benzene rings is 1. The molecule has 0 bridgehead atoms. The second-order valence-electron chi connectivity index (χ2n) is 6.02. The molecule has 1 aliphatic rings. The van der Waals surface area contributed by atoms with Gasteiger partial charge in [-0.1, -0.05) is 41.9 Å². The van der Waals surface area contributed by atoms with Gasteiger partial charge in [-0.3, -0.25) is 14.5 Å². The lowest BCUT2D eigenvalue weighted by Gasteiger charge is -2.34. The molecular weight excluding hydrogens is 296 g/mol. The number of halogens is 1. The third kappa shape index (κ3) is 3.51. The fraction of sp³-hybridized carbons (Fsp3) is 0.471. The largest absolute Gasteiger partial charge is 0.297 e. The Bertz CT molecular complexity index is 615. The van der Waals surface area contributed by atoms with Crippen molar-refractivity contribution in [2.75, 3.05) is 26.2 Å². The maximum Gasteiger partial charge on any atom is 0.131 e. The van der Waals surface area contributed by atoms with Crippen LogP contribution in [0.15, 0.2) is 30.3 Å². The first-order valence-corrected chi connectivity index (χ1v) is 8.18. The van der Waals surface area contributed by atoms with Gasteiger partial charge in [0, 0.05) is 51.9 Å². The highest BCUT2D eigenvalue weighted by Crippen LogP contribution is 2.21. The molecule has 22 heavy (non-hydrogen) atoms. The Morgan fingerprint density at radius 1 is 1.00 bits per heavy atom. The topological polar surface area (TPSA) is 24.3 Å². The number of aromatic nitrogens is 2. The highest BCUT2D eigenvalue weighted by Gasteiger charge is 2.20. The van der Waals surface area contributed by atoms with E-state index in [1.54, 1.807) is 4.68 Å². The number of hydrogen-bond acceptors (Lipinski definition) is 3. The van der Waals surface area contributed by atoms with Crippen LogP contribution < -0.4 is 0 Å². The maximum absolute atomic E-state index is 6.33. The van der Waals surface area contributed by atoms with Crippen LogP contribution in [0.4, 0.5) is 0 Å². The van der Waals surface area contributed by atoms with E-state index in [0.717, 1.165) is 50.1 Å². The smallest absolute Gasteiger partial charge is 0.131 e. The lowest BCUT2D eigenvalue weighted by molar-refractivity contribution is 0.122. The Balaban J connectivity index is 1.53. The number of rotatable bonds is 4. The molecular formula is C17H23ClN4. The Hall–Kier alpha value is -1.36. The van der Waals surface area contributed by atoms with Crippen LogP contribution in [-0.4, -0.2) is 45.8 Å². The monoisotopic (exact) mass is 318 g/mol. The number of hydrogen-bond donors (Lipinski definition) is 0. The van der Waals surface area contributed by atoms with Gasteiger partial charge in [0.2, 0.25) is 0 Å². The fourth-order valence-electron chi connectivity index (χ4n) is 3.02. The second kappa shape index (κ2) is 6.82. The summed E-state index contributed by atoms with van der Waals surface area (Å²) in [5, 5.41) is 5.16. The lowest BCUT2D eigenvalue weighted by Crippen LogP contribution is -2.45. The van der Waals surface area contributed by atoms with Gasteiger partial charge in [0.1, 0.15) is 5.15 Å². The van der Waals surface area contributed by atoms with Gasteiger partial charge in [-0.15, -0.1) is 0 Å². The van der Waals surface area contributed by atoms with Crippen LogP contribution in [0.3, 0.4) is 0 Å². The standard InChI is InChI=1S/C17H23ClN4/c1-14-16(17(18)20(2)19-14)13-22-10-8-21(9-11-22)12-15-6-4-3-5-7-15/h3-7H,8-13H2,1-2H3. The molecule has 0 radical (unpaired) electrons. The van der Waals surface area contributed by atoms with Crippen molar-refractivity contribution < 1.29 is 0 Å². The van der Waals surface area contributed by atoms with Crippen molar-refractivity contribution in [2.45, 2.75) is 20.0 Å². The van der Waals surface area contributed by atoms with Crippen molar-refractivity contribution in [1.82, 2.24) is 19.6 Å². The molecule has 1 aromatic heterocycles. The predicted molar refractivity (Wildman–Crippen MR) is 90.0 cm³/mol. The fourth-order valence-corrected chi connectivity index (χ4v) is 3.26. The number of nitrogens with zero attached hydrogens (tertiary/aromatic N) is 4. The zero-order chi connectivity index (χ0) is 15.5.